The SMILES string of the molecule is CCOc1ccc(NS(=O)(=O)c2cc(NC(=O)COc3ccc(Cl)cc3Cl)ccc2C)cc1Br. The highest BCUT2D eigenvalue weighted by Crippen LogP contribution is 2.30. The number of sulfonamides is 1. The van der Waals surface area contributed by atoms with Crippen molar-refractivity contribution in [1.29, 1.82) is 0 Å². The number of hydrogen-bond acceptors (Lipinski definition) is 5. The third kappa shape index (κ3) is 6.79. The minimum absolute atomic E-state index is 0.0250. The van der Waals surface area contributed by atoms with Crippen molar-refractivity contribution in [2.75, 3.05) is 23.3 Å². The number of nitrogens with one attached hydrogen (secondary N) is 2. The zero-order valence-corrected chi connectivity index (χ0v) is 22.1. The topological polar surface area (TPSA) is 93.7 Å². The molecule has 34 heavy (non-hydrogen) atoms. The van der Waals surface area contributed by atoms with Gasteiger partial charge >= 0.3 is 0 Å². The summed E-state index contributed by atoms with van der Waals surface area (Å²) in [6.07, 6.45) is 0. The molecule has 0 fully saturated rings. The van der Waals surface area contributed by atoms with Crippen LogP contribution in [-0.4, -0.2) is 27.5 Å². The van der Waals surface area contributed by atoms with Crippen LogP contribution in [0.15, 0.2) is 64.0 Å². The van der Waals surface area contributed by atoms with Gasteiger partial charge in [0.05, 0.1) is 26.7 Å². The van der Waals surface area contributed by atoms with Crippen LogP contribution < -0.4 is 19.5 Å². The molecule has 0 aliphatic carbocycles. The van der Waals surface area contributed by atoms with Crippen LogP contribution in [0.3, 0.4) is 0 Å². The normalized spacial score (nSPS) is 11.1. The van der Waals surface area contributed by atoms with Gasteiger partial charge < -0.3 is 14.8 Å². The molecule has 0 radical (unpaired) electrons. The summed E-state index contributed by atoms with van der Waals surface area (Å²) >= 11 is 15.3. The van der Waals surface area contributed by atoms with E-state index in [4.69, 9.17) is 32.7 Å². The van der Waals surface area contributed by atoms with Crippen molar-refractivity contribution in [3.05, 3.63) is 74.7 Å². The van der Waals surface area contributed by atoms with Crippen molar-refractivity contribution in [2.45, 2.75) is 18.7 Å². The second-order valence-corrected chi connectivity index (χ2v) is 10.4. The molecule has 0 saturated carbocycles. The number of carbonyl (C=O) groups excluding carboxylic acids is 1. The maximum Gasteiger partial charge on any atom is 0.262 e. The average Bonchev–Trinajstić information content (AvgIpc) is 2.76. The van der Waals surface area contributed by atoms with Gasteiger partial charge in [0.15, 0.2) is 6.61 Å². The van der Waals surface area contributed by atoms with Crippen LogP contribution in [0, 0.1) is 6.92 Å². The lowest BCUT2D eigenvalue weighted by Gasteiger charge is -2.14. The predicted octanol–water partition coefficient (Wildman–Crippen LogP) is 6.28. The van der Waals surface area contributed by atoms with E-state index >= 15 is 0 Å². The van der Waals surface area contributed by atoms with Crippen molar-refractivity contribution >= 4 is 66.4 Å². The third-order valence-corrected chi connectivity index (χ3v) is 7.17. The largest absolute Gasteiger partial charge is 0.493 e. The first-order valence-corrected chi connectivity index (χ1v) is 13.1. The van der Waals surface area contributed by atoms with Crippen LogP contribution in [0.4, 0.5) is 11.4 Å². The van der Waals surface area contributed by atoms with E-state index < -0.39 is 15.9 Å². The molecule has 0 aliphatic heterocycles. The molecular formula is C23H21BrCl2N2O5S. The molecule has 0 atom stereocenters. The predicted molar refractivity (Wildman–Crippen MR) is 138 cm³/mol. The van der Waals surface area contributed by atoms with Crippen LogP contribution in [0.5, 0.6) is 11.5 Å². The number of amides is 1. The number of hydrogen-bond donors (Lipinski definition) is 2. The standard InChI is InChI=1S/C23H21BrCl2N2O5S/c1-3-32-20-9-7-17(11-18(20)24)28-34(30,31)22-12-16(6-4-14(22)2)27-23(29)13-33-21-8-5-15(25)10-19(21)26/h4-12,28H,3,13H2,1-2H3,(H,27,29). The van der Waals surface area contributed by atoms with Gasteiger partial charge in [0, 0.05) is 10.7 Å². The summed E-state index contributed by atoms with van der Waals surface area (Å²) in [7, 11) is -3.93. The molecule has 0 aliphatic rings. The highest BCUT2D eigenvalue weighted by Gasteiger charge is 2.19. The molecule has 2 N–H and O–H groups in total. The highest BCUT2D eigenvalue weighted by molar-refractivity contribution is 9.10. The second kappa shape index (κ2) is 11.3. The van der Waals surface area contributed by atoms with Crippen LogP contribution in [0.2, 0.25) is 10.0 Å². The zero-order chi connectivity index (χ0) is 24.9. The fourth-order valence-electron chi connectivity index (χ4n) is 2.95. The summed E-state index contributed by atoms with van der Waals surface area (Å²) in [6.45, 7) is 3.69. The molecule has 0 saturated heterocycles. The van der Waals surface area contributed by atoms with Crippen molar-refractivity contribution in [2.24, 2.45) is 0 Å². The highest BCUT2D eigenvalue weighted by atomic mass is 79.9. The number of aryl methyl sites for hydroxylation is 1. The lowest BCUT2D eigenvalue weighted by molar-refractivity contribution is -0.118. The second-order valence-electron chi connectivity index (χ2n) is 7.08. The Morgan fingerprint density at radius 2 is 1.68 bits per heavy atom. The molecular weight excluding hydrogens is 567 g/mol. The summed E-state index contributed by atoms with van der Waals surface area (Å²) in [6, 6.07) is 14.1. The lowest BCUT2D eigenvalue weighted by Crippen LogP contribution is -2.21. The molecule has 0 spiro atoms. The molecule has 0 aromatic heterocycles. The van der Waals surface area contributed by atoms with Gasteiger partial charge in [-0.15, -0.1) is 0 Å². The summed E-state index contributed by atoms with van der Waals surface area (Å²) in [5, 5.41) is 3.35. The van der Waals surface area contributed by atoms with E-state index in [-0.39, 0.29) is 16.5 Å². The van der Waals surface area contributed by atoms with Gasteiger partial charge in [-0.1, -0.05) is 29.3 Å². The Hall–Kier alpha value is -2.46. The molecule has 3 rings (SSSR count). The van der Waals surface area contributed by atoms with E-state index in [9.17, 15) is 13.2 Å². The van der Waals surface area contributed by atoms with Gasteiger partial charge in [-0.3, -0.25) is 9.52 Å². The number of anilines is 2. The van der Waals surface area contributed by atoms with Gasteiger partial charge in [-0.2, -0.15) is 0 Å². The molecule has 11 heteroatoms. The number of carbonyl (C=O) groups is 1. The van der Waals surface area contributed by atoms with Crippen LogP contribution in [0.25, 0.3) is 0 Å². The summed E-state index contributed by atoms with van der Waals surface area (Å²) < 4.78 is 40.1. The molecule has 3 aromatic rings. The van der Waals surface area contributed by atoms with Crippen LogP contribution >= 0.6 is 39.1 Å². The molecule has 7 nitrogen and oxygen atoms in total. The number of benzene rings is 3. The molecule has 0 unspecified atom stereocenters. The Morgan fingerprint density at radius 3 is 2.35 bits per heavy atom. The molecule has 3 aromatic carbocycles. The smallest absolute Gasteiger partial charge is 0.262 e. The third-order valence-electron chi connectivity index (χ3n) is 4.50. The van der Waals surface area contributed by atoms with E-state index in [0.29, 0.717) is 44.5 Å². The van der Waals surface area contributed by atoms with E-state index in [1.165, 1.54) is 12.1 Å². The number of rotatable bonds is 9. The van der Waals surface area contributed by atoms with Crippen molar-refractivity contribution in [3.63, 3.8) is 0 Å². The molecule has 0 bridgehead atoms. The van der Waals surface area contributed by atoms with E-state index in [1.54, 1.807) is 49.4 Å². The van der Waals surface area contributed by atoms with Gasteiger partial charge in [0.25, 0.3) is 15.9 Å². The van der Waals surface area contributed by atoms with Gasteiger partial charge in [0.1, 0.15) is 11.5 Å². The van der Waals surface area contributed by atoms with Gasteiger partial charge in [-0.25, -0.2) is 8.42 Å². The Kier molecular flexibility index (Phi) is 8.70. The zero-order valence-electron chi connectivity index (χ0n) is 18.2. The van der Waals surface area contributed by atoms with E-state index in [2.05, 4.69) is 26.0 Å². The number of halogens is 3. The number of ether oxygens (including phenoxy) is 2. The molecule has 180 valence electrons. The maximum absolute atomic E-state index is 13.0. The van der Waals surface area contributed by atoms with E-state index in [1.807, 2.05) is 6.92 Å². The monoisotopic (exact) mass is 586 g/mol. The Balaban J connectivity index is 1.72. The quantitative estimate of drug-likeness (QED) is 0.307. The Labute approximate surface area is 216 Å². The lowest BCUT2D eigenvalue weighted by atomic mass is 10.2. The minimum atomic E-state index is -3.93. The van der Waals surface area contributed by atoms with Gasteiger partial charge in [-0.05, 0) is 83.9 Å². The minimum Gasteiger partial charge on any atom is -0.493 e. The summed E-state index contributed by atoms with van der Waals surface area (Å²) in [4.78, 5) is 12.4. The molecule has 0 heterocycles. The molecule has 1 amide bonds. The first-order valence-electron chi connectivity index (χ1n) is 10.0. The van der Waals surface area contributed by atoms with Crippen LogP contribution in [-0.2, 0) is 14.8 Å². The Morgan fingerprint density at radius 1 is 0.971 bits per heavy atom. The average molecular weight is 588 g/mol. The fraction of sp³-hybridized carbons (Fsp3) is 0.174. The van der Waals surface area contributed by atoms with Crippen LogP contribution in [0.1, 0.15) is 12.5 Å². The first kappa shape index (κ1) is 26.2. The van der Waals surface area contributed by atoms with Crippen molar-refractivity contribution in [1.82, 2.24) is 0 Å². The van der Waals surface area contributed by atoms with Crippen molar-refractivity contribution < 1.29 is 22.7 Å². The Bertz CT molecular complexity index is 1320. The van der Waals surface area contributed by atoms with Gasteiger partial charge in [0.2, 0.25) is 0 Å². The summed E-state index contributed by atoms with van der Waals surface area (Å²) in [5.41, 5.74) is 1.17. The van der Waals surface area contributed by atoms with E-state index in [0.717, 1.165) is 0 Å². The summed E-state index contributed by atoms with van der Waals surface area (Å²) in [5.74, 6) is 0.425. The first-order chi connectivity index (χ1) is 16.1. The van der Waals surface area contributed by atoms with Crippen molar-refractivity contribution in [3.8, 4) is 11.5 Å². The maximum atomic E-state index is 13.0. The fourth-order valence-corrected chi connectivity index (χ4v) is 5.22.